The molecular formula is C17H23N3O4S3. The lowest BCUT2D eigenvalue weighted by atomic mass is 10.2. The van der Waals surface area contributed by atoms with Crippen LogP contribution in [0.4, 0.5) is 0 Å². The molecule has 148 valence electrons. The van der Waals surface area contributed by atoms with E-state index in [1.54, 1.807) is 16.7 Å². The van der Waals surface area contributed by atoms with Crippen LogP contribution in [0.1, 0.15) is 33.2 Å². The topological polar surface area (TPSA) is 88.6 Å². The molecule has 7 nitrogen and oxygen atoms in total. The smallest absolute Gasteiger partial charge is 0.262 e. The van der Waals surface area contributed by atoms with Gasteiger partial charge >= 0.3 is 0 Å². The number of sulfonamides is 1. The normalized spacial score (nSPS) is 15.7. The average molecular weight is 430 g/mol. The Bertz CT molecular complexity index is 870. The molecule has 10 heteroatoms. The molecule has 0 spiro atoms. The molecule has 0 atom stereocenters. The van der Waals surface area contributed by atoms with Crippen molar-refractivity contribution >= 4 is 38.6 Å². The van der Waals surface area contributed by atoms with Gasteiger partial charge in [0.25, 0.3) is 5.91 Å². The molecule has 0 bridgehead atoms. The minimum absolute atomic E-state index is 0.0881. The minimum atomic E-state index is -3.67. The van der Waals surface area contributed by atoms with Gasteiger partial charge in [0.15, 0.2) is 0 Å². The van der Waals surface area contributed by atoms with E-state index in [1.165, 1.54) is 10.4 Å². The van der Waals surface area contributed by atoms with Crippen LogP contribution in [-0.2, 0) is 21.2 Å². The summed E-state index contributed by atoms with van der Waals surface area (Å²) in [4.78, 5) is 17.2. The number of nitrogens with one attached hydrogen (secondary N) is 1. The van der Waals surface area contributed by atoms with Crippen molar-refractivity contribution in [3.8, 4) is 0 Å². The summed E-state index contributed by atoms with van der Waals surface area (Å²) in [5.41, 5.74) is 1.04. The second kappa shape index (κ2) is 9.24. The van der Waals surface area contributed by atoms with Crippen molar-refractivity contribution in [2.24, 2.45) is 0 Å². The molecule has 0 unspecified atom stereocenters. The van der Waals surface area contributed by atoms with Crippen LogP contribution in [0.5, 0.6) is 0 Å². The van der Waals surface area contributed by atoms with E-state index in [0.29, 0.717) is 32.8 Å². The number of aromatic nitrogens is 1. The van der Waals surface area contributed by atoms with Gasteiger partial charge in [0, 0.05) is 30.7 Å². The van der Waals surface area contributed by atoms with Gasteiger partial charge < -0.3 is 10.1 Å². The van der Waals surface area contributed by atoms with Gasteiger partial charge in [-0.15, -0.1) is 22.7 Å². The number of unbranched alkanes of at least 4 members (excludes halogenated alkanes) is 1. The van der Waals surface area contributed by atoms with Crippen molar-refractivity contribution in [1.29, 1.82) is 0 Å². The van der Waals surface area contributed by atoms with E-state index in [4.69, 9.17) is 4.74 Å². The molecule has 1 aliphatic heterocycles. The number of morpholine rings is 1. The first-order chi connectivity index (χ1) is 13.0. The number of thiazole rings is 1. The SMILES string of the molecule is Cc1csc(CCCCNC(=O)c2sccc2S(=O)(=O)N2CCOCC2)n1. The molecule has 1 saturated heterocycles. The number of carbonyl (C=O) groups is 1. The van der Waals surface area contributed by atoms with Gasteiger partial charge in [-0.3, -0.25) is 4.79 Å². The van der Waals surface area contributed by atoms with E-state index in [1.807, 2.05) is 12.3 Å². The summed E-state index contributed by atoms with van der Waals surface area (Å²) in [6.45, 7) is 3.87. The Hall–Kier alpha value is -1.33. The van der Waals surface area contributed by atoms with Crippen LogP contribution in [0.2, 0.25) is 0 Å². The maximum atomic E-state index is 12.8. The Labute approximate surface area is 167 Å². The first-order valence-electron chi connectivity index (χ1n) is 8.83. The number of aryl methyl sites for hydroxylation is 2. The van der Waals surface area contributed by atoms with Gasteiger partial charge in [-0.25, -0.2) is 13.4 Å². The number of rotatable bonds is 8. The fourth-order valence-corrected chi connectivity index (χ4v) is 6.34. The van der Waals surface area contributed by atoms with Crippen LogP contribution < -0.4 is 5.32 Å². The second-order valence-electron chi connectivity index (χ2n) is 6.23. The van der Waals surface area contributed by atoms with E-state index in [2.05, 4.69) is 10.3 Å². The lowest BCUT2D eigenvalue weighted by Crippen LogP contribution is -2.41. The number of nitrogens with zero attached hydrogens (tertiary/aromatic N) is 2. The molecule has 27 heavy (non-hydrogen) atoms. The van der Waals surface area contributed by atoms with Gasteiger partial charge in [-0.1, -0.05) is 0 Å². The van der Waals surface area contributed by atoms with E-state index in [0.717, 1.165) is 41.3 Å². The molecule has 2 aromatic heterocycles. The summed E-state index contributed by atoms with van der Waals surface area (Å²) in [5, 5.41) is 7.62. The molecule has 0 radical (unpaired) electrons. The summed E-state index contributed by atoms with van der Waals surface area (Å²) in [6.07, 6.45) is 2.64. The highest BCUT2D eigenvalue weighted by Crippen LogP contribution is 2.25. The maximum absolute atomic E-state index is 12.8. The molecule has 0 aromatic carbocycles. The van der Waals surface area contributed by atoms with Crippen LogP contribution in [0.25, 0.3) is 0 Å². The van der Waals surface area contributed by atoms with Crippen molar-refractivity contribution in [3.63, 3.8) is 0 Å². The fourth-order valence-electron chi connectivity index (χ4n) is 2.79. The molecule has 3 heterocycles. The summed E-state index contributed by atoms with van der Waals surface area (Å²) in [6, 6.07) is 1.51. The molecular weight excluding hydrogens is 406 g/mol. The molecule has 1 fully saturated rings. The third kappa shape index (κ3) is 5.14. The summed E-state index contributed by atoms with van der Waals surface area (Å²) < 4.78 is 32.2. The van der Waals surface area contributed by atoms with Crippen molar-refractivity contribution < 1.29 is 17.9 Å². The average Bonchev–Trinajstić information content (AvgIpc) is 3.31. The van der Waals surface area contributed by atoms with Crippen LogP contribution in [-0.4, -0.2) is 56.5 Å². The third-order valence-corrected chi connectivity index (χ3v) is 8.20. The Balaban J connectivity index is 1.52. The van der Waals surface area contributed by atoms with E-state index in [9.17, 15) is 13.2 Å². The first-order valence-corrected chi connectivity index (χ1v) is 12.0. The first kappa shape index (κ1) is 20.4. The highest BCUT2D eigenvalue weighted by molar-refractivity contribution is 7.89. The van der Waals surface area contributed by atoms with E-state index < -0.39 is 10.0 Å². The molecule has 1 N–H and O–H groups in total. The minimum Gasteiger partial charge on any atom is -0.379 e. The maximum Gasteiger partial charge on any atom is 0.262 e. The number of amides is 1. The fraction of sp³-hybridized carbons (Fsp3) is 0.529. The highest BCUT2D eigenvalue weighted by atomic mass is 32.2. The monoisotopic (exact) mass is 429 g/mol. The predicted octanol–water partition coefficient (Wildman–Crippen LogP) is 2.29. The number of carbonyl (C=O) groups excluding carboxylic acids is 1. The Morgan fingerprint density at radius 3 is 2.78 bits per heavy atom. The molecule has 0 saturated carbocycles. The zero-order valence-electron chi connectivity index (χ0n) is 15.1. The van der Waals surface area contributed by atoms with Crippen molar-refractivity contribution in [3.05, 3.63) is 32.4 Å². The standard InChI is InChI=1S/C17H23N3O4S3/c1-13-12-26-15(19-13)4-2-3-6-18-17(21)16-14(5-11-25-16)27(22,23)20-7-9-24-10-8-20/h5,11-12H,2-4,6-10H2,1H3,(H,18,21). The molecule has 2 aromatic rings. The number of ether oxygens (including phenoxy) is 1. The van der Waals surface area contributed by atoms with Crippen molar-refractivity contribution in [2.45, 2.75) is 31.1 Å². The second-order valence-corrected chi connectivity index (χ2v) is 9.99. The lowest BCUT2D eigenvalue weighted by Gasteiger charge is -2.26. The molecule has 0 aliphatic carbocycles. The summed E-state index contributed by atoms with van der Waals surface area (Å²) in [5.74, 6) is -0.332. The number of hydrogen-bond acceptors (Lipinski definition) is 7. The Morgan fingerprint density at radius 1 is 1.30 bits per heavy atom. The van der Waals surface area contributed by atoms with Crippen LogP contribution in [0, 0.1) is 6.92 Å². The van der Waals surface area contributed by atoms with Gasteiger partial charge in [0.2, 0.25) is 10.0 Å². The quantitative estimate of drug-likeness (QED) is 0.651. The summed E-state index contributed by atoms with van der Waals surface area (Å²) in [7, 11) is -3.67. The van der Waals surface area contributed by atoms with Crippen LogP contribution >= 0.6 is 22.7 Å². The number of hydrogen-bond donors (Lipinski definition) is 1. The Morgan fingerprint density at radius 2 is 2.07 bits per heavy atom. The van der Waals surface area contributed by atoms with Crippen molar-refractivity contribution in [1.82, 2.24) is 14.6 Å². The van der Waals surface area contributed by atoms with E-state index >= 15 is 0 Å². The molecule has 1 amide bonds. The molecule has 1 aliphatic rings. The largest absolute Gasteiger partial charge is 0.379 e. The Kier molecular flexibility index (Phi) is 6.99. The van der Waals surface area contributed by atoms with Gasteiger partial charge in [-0.2, -0.15) is 4.31 Å². The molecule has 3 rings (SSSR count). The number of thiophene rings is 1. The zero-order chi connectivity index (χ0) is 19.3. The van der Waals surface area contributed by atoms with Crippen LogP contribution in [0.3, 0.4) is 0 Å². The van der Waals surface area contributed by atoms with Gasteiger partial charge in [0.05, 0.1) is 18.2 Å². The van der Waals surface area contributed by atoms with Crippen molar-refractivity contribution in [2.75, 3.05) is 32.8 Å². The highest BCUT2D eigenvalue weighted by Gasteiger charge is 2.31. The third-order valence-electron chi connectivity index (χ3n) is 4.19. The van der Waals surface area contributed by atoms with Gasteiger partial charge in [-0.05, 0) is 37.6 Å². The zero-order valence-corrected chi connectivity index (χ0v) is 17.6. The predicted molar refractivity (Wildman–Crippen MR) is 106 cm³/mol. The van der Waals surface area contributed by atoms with Gasteiger partial charge in [0.1, 0.15) is 9.77 Å². The summed E-state index contributed by atoms with van der Waals surface area (Å²) >= 11 is 2.81. The van der Waals surface area contributed by atoms with Crippen LogP contribution in [0.15, 0.2) is 21.7 Å². The van der Waals surface area contributed by atoms with E-state index in [-0.39, 0.29) is 15.7 Å². The lowest BCUT2D eigenvalue weighted by molar-refractivity contribution is 0.0730.